The topological polar surface area (TPSA) is 28.2 Å². The summed E-state index contributed by atoms with van der Waals surface area (Å²) in [4.78, 5) is 7.38. The van der Waals surface area contributed by atoms with Gasteiger partial charge in [0.2, 0.25) is 0 Å². The van der Waals surface area contributed by atoms with Gasteiger partial charge in [0.1, 0.15) is 0 Å². The summed E-state index contributed by atoms with van der Waals surface area (Å²) in [7, 11) is 0. The van der Waals surface area contributed by atoms with Crippen LogP contribution in [-0.2, 0) is 0 Å². The molecule has 0 amide bonds. The Labute approximate surface area is 152 Å². The molecule has 2 bridgehead atoms. The molecule has 3 fully saturated rings. The van der Waals surface area contributed by atoms with Crippen LogP contribution in [0.4, 0.5) is 5.69 Å². The van der Waals surface area contributed by atoms with Gasteiger partial charge in [-0.05, 0) is 57.0 Å². The number of nitrogens with one attached hydrogen (secondary N) is 1. The molecule has 3 nitrogen and oxygen atoms in total. The highest BCUT2D eigenvalue weighted by atomic mass is 32.1. The van der Waals surface area contributed by atoms with E-state index in [2.05, 4.69) is 58.9 Å². The van der Waals surface area contributed by atoms with E-state index in [4.69, 9.17) is 4.98 Å². The van der Waals surface area contributed by atoms with Gasteiger partial charge in [-0.3, -0.25) is 9.88 Å². The summed E-state index contributed by atoms with van der Waals surface area (Å²) in [5.41, 5.74) is 3.45. The Morgan fingerprint density at radius 3 is 2.72 bits per heavy atom. The van der Waals surface area contributed by atoms with Gasteiger partial charge in [-0.15, -0.1) is 11.3 Å². The van der Waals surface area contributed by atoms with E-state index in [1.807, 2.05) is 6.20 Å². The lowest BCUT2D eigenvalue weighted by Gasteiger charge is -2.50. The molecule has 128 valence electrons. The van der Waals surface area contributed by atoms with Crippen molar-refractivity contribution in [1.82, 2.24) is 9.88 Å². The zero-order chi connectivity index (χ0) is 16.8. The van der Waals surface area contributed by atoms with Gasteiger partial charge < -0.3 is 5.32 Å². The second-order valence-electron chi connectivity index (χ2n) is 7.36. The molecule has 4 heteroatoms. The third-order valence-corrected chi connectivity index (χ3v) is 6.99. The van der Waals surface area contributed by atoms with E-state index in [1.54, 1.807) is 11.3 Å². The Hall–Kier alpha value is -1.91. The van der Waals surface area contributed by atoms with Crippen molar-refractivity contribution in [3.63, 3.8) is 0 Å². The summed E-state index contributed by atoms with van der Waals surface area (Å²) in [6.45, 7) is 4.90. The van der Waals surface area contributed by atoms with E-state index < -0.39 is 0 Å². The number of anilines is 1. The predicted octanol–water partition coefficient (Wildman–Crippen LogP) is 4.86. The third kappa shape index (κ3) is 2.64. The first-order valence-corrected chi connectivity index (χ1v) is 10.1. The van der Waals surface area contributed by atoms with Gasteiger partial charge in [-0.2, -0.15) is 0 Å². The average Bonchev–Trinajstić information content (AvgIpc) is 3.10. The second-order valence-corrected chi connectivity index (χ2v) is 8.27. The molecule has 6 rings (SSSR count). The lowest BCUT2D eigenvalue weighted by Crippen LogP contribution is -2.59. The highest BCUT2D eigenvalue weighted by Crippen LogP contribution is 2.35. The molecule has 0 radical (unpaired) electrons. The van der Waals surface area contributed by atoms with Crippen LogP contribution in [0.1, 0.15) is 19.8 Å². The number of hydrogen-bond donors (Lipinski definition) is 1. The lowest BCUT2D eigenvalue weighted by atomic mass is 9.79. The molecule has 3 aromatic rings. The van der Waals surface area contributed by atoms with Gasteiger partial charge in [0.25, 0.3) is 0 Å². The Kier molecular flexibility index (Phi) is 3.75. The van der Waals surface area contributed by atoms with Crippen LogP contribution < -0.4 is 5.32 Å². The van der Waals surface area contributed by atoms with E-state index in [9.17, 15) is 0 Å². The van der Waals surface area contributed by atoms with E-state index in [0.29, 0.717) is 12.1 Å². The molecule has 0 unspecified atom stereocenters. The summed E-state index contributed by atoms with van der Waals surface area (Å²) in [5, 5.41) is 7.29. The van der Waals surface area contributed by atoms with E-state index in [0.717, 1.165) is 17.3 Å². The van der Waals surface area contributed by atoms with Gasteiger partial charge in [0, 0.05) is 33.1 Å². The molecule has 1 N–H and O–H groups in total. The number of fused-ring (bicyclic) bond motifs is 4. The van der Waals surface area contributed by atoms with Crippen molar-refractivity contribution in [1.29, 1.82) is 0 Å². The van der Waals surface area contributed by atoms with Crippen LogP contribution in [0.2, 0.25) is 0 Å². The smallest absolute Gasteiger partial charge is 0.0718 e. The van der Waals surface area contributed by atoms with Crippen LogP contribution in [0.3, 0.4) is 0 Å². The van der Waals surface area contributed by atoms with E-state index >= 15 is 0 Å². The Morgan fingerprint density at radius 1 is 1.12 bits per heavy atom. The zero-order valence-corrected chi connectivity index (χ0v) is 15.3. The van der Waals surface area contributed by atoms with Crippen molar-refractivity contribution >= 4 is 27.1 Å². The van der Waals surface area contributed by atoms with Crippen molar-refractivity contribution in [2.75, 3.05) is 18.4 Å². The summed E-state index contributed by atoms with van der Waals surface area (Å²) >= 11 is 1.79. The maximum atomic E-state index is 4.75. The normalized spacial score (nSPS) is 28.4. The molecule has 5 heterocycles. The summed E-state index contributed by atoms with van der Waals surface area (Å²) in [6, 6.07) is 14.1. The largest absolute Gasteiger partial charge is 0.379 e. The Bertz CT molecular complexity index is 876. The van der Waals surface area contributed by atoms with Gasteiger partial charge in [-0.1, -0.05) is 18.2 Å². The fourth-order valence-electron chi connectivity index (χ4n) is 4.55. The predicted molar refractivity (Wildman–Crippen MR) is 106 cm³/mol. The number of hydrogen-bond acceptors (Lipinski definition) is 4. The zero-order valence-electron chi connectivity index (χ0n) is 14.5. The number of benzene rings is 1. The minimum Gasteiger partial charge on any atom is -0.379 e. The number of pyridine rings is 1. The quantitative estimate of drug-likeness (QED) is 0.732. The maximum Gasteiger partial charge on any atom is 0.0718 e. The molecule has 3 aliphatic heterocycles. The fourth-order valence-corrected chi connectivity index (χ4v) is 5.51. The average molecular weight is 350 g/mol. The van der Waals surface area contributed by atoms with Crippen LogP contribution >= 0.6 is 11.3 Å². The van der Waals surface area contributed by atoms with Crippen molar-refractivity contribution in [3.8, 4) is 11.3 Å². The molecule has 2 aromatic heterocycles. The van der Waals surface area contributed by atoms with Crippen molar-refractivity contribution in [2.24, 2.45) is 5.92 Å². The highest BCUT2D eigenvalue weighted by Gasteiger charge is 2.39. The highest BCUT2D eigenvalue weighted by molar-refractivity contribution is 7.17. The van der Waals surface area contributed by atoms with Crippen LogP contribution in [0.15, 0.2) is 48.0 Å². The van der Waals surface area contributed by atoms with Gasteiger partial charge in [-0.25, -0.2) is 0 Å². The van der Waals surface area contributed by atoms with Crippen LogP contribution in [0.25, 0.3) is 21.3 Å². The molecular weight excluding hydrogens is 326 g/mol. The monoisotopic (exact) mass is 349 g/mol. The minimum atomic E-state index is 0.553. The first-order valence-electron chi connectivity index (χ1n) is 9.23. The summed E-state index contributed by atoms with van der Waals surface area (Å²) in [5.74, 6) is 0.806. The summed E-state index contributed by atoms with van der Waals surface area (Å²) in [6.07, 6.45) is 4.66. The molecule has 3 aliphatic rings. The van der Waals surface area contributed by atoms with E-state index in [1.165, 1.54) is 41.6 Å². The second kappa shape index (κ2) is 6.11. The van der Waals surface area contributed by atoms with Gasteiger partial charge in [0.05, 0.1) is 17.6 Å². The molecule has 3 saturated heterocycles. The number of nitrogens with zero attached hydrogens (tertiary/aromatic N) is 2. The number of piperidine rings is 3. The Balaban J connectivity index is 1.39. The maximum absolute atomic E-state index is 4.75. The fraction of sp³-hybridized carbons (Fsp3) is 0.381. The number of aromatic nitrogens is 1. The van der Waals surface area contributed by atoms with Crippen LogP contribution in [0.5, 0.6) is 0 Å². The van der Waals surface area contributed by atoms with Crippen molar-refractivity contribution in [3.05, 3.63) is 48.0 Å². The van der Waals surface area contributed by atoms with Crippen molar-refractivity contribution < 1.29 is 0 Å². The lowest BCUT2D eigenvalue weighted by molar-refractivity contribution is 0.0458. The van der Waals surface area contributed by atoms with Gasteiger partial charge >= 0.3 is 0 Å². The third-order valence-electron chi connectivity index (χ3n) is 6.03. The Morgan fingerprint density at radius 2 is 1.96 bits per heavy atom. The molecular formula is C21H23N3S. The van der Waals surface area contributed by atoms with Crippen molar-refractivity contribution in [2.45, 2.75) is 31.8 Å². The molecule has 25 heavy (non-hydrogen) atoms. The molecule has 1 aromatic carbocycles. The molecule has 0 spiro atoms. The first-order chi connectivity index (χ1) is 12.3. The molecule has 0 saturated carbocycles. The standard InChI is InChI=1S/C21H23N3S/c1-14-21(15-8-10-24(14)11-9-15)23-16-6-7-19(22-12-16)18-13-25-20-5-3-2-4-17(18)20/h2-7,12-15,21,23H,8-11H2,1H3/t14-,21+/m1/s1. The number of thiophene rings is 1. The SMILES string of the molecule is C[C@@H]1[C@H](Nc2ccc(-c3csc4ccccc34)nc2)C2CCN1CC2. The van der Waals surface area contributed by atoms with Gasteiger partial charge in [0.15, 0.2) is 0 Å². The molecule has 0 aliphatic carbocycles. The first kappa shape index (κ1) is 15.4. The van der Waals surface area contributed by atoms with Crippen LogP contribution in [0, 0.1) is 5.92 Å². The van der Waals surface area contributed by atoms with E-state index in [-0.39, 0.29) is 0 Å². The number of rotatable bonds is 3. The minimum absolute atomic E-state index is 0.553. The van der Waals surface area contributed by atoms with Crippen LogP contribution in [-0.4, -0.2) is 35.1 Å². The molecule has 2 atom stereocenters. The summed E-state index contributed by atoms with van der Waals surface area (Å²) < 4.78 is 1.32.